The summed E-state index contributed by atoms with van der Waals surface area (Å²) in [6, 6.07) is 0. The minimum atomic E-state index is -5.23. The fourth-order valence-electron chi connectivity index (χ4n) is 1.63. The summed E-state index contributed by atoms with van der Waals surface area (Å²) >= 11 is 0.450. The lowest BCUT2D eigenvalue weighted by molar-refractivity contribution is -0.266. The smallest absolute Gasteiger partial charge is 0.374 e. The summed E-state index contributed by atoms with van der Waals surface area (Å²) in [6.07, 6.45) is -11.5. The molecule has 2 heterocycles. The van der Waals surface area contributed by atoms with E-state index in [0.717, 1.165) is 0 Å². The number of halogens is 6. The van der Waals surface area contributed by atoms with E-state index in [4.69, 9.17) is 0 Å². The van der Waals surface area contributed by atoms with Crippen molar-refractivity contribution < 1.29 is 36.2 Å². The predicted octanol–water partition coefficient (Wildman–Crippen LogP) is 3.10. The van der Waals surface area contributed by atoms with E-state index in [1.54, 1.807) is 5.32 Å². The van der Waals surface area contributed by atoms with Gasteiger partial charge in [0, 0.05) is 11.1 Å². The highest BCUT2D eigenvalue weighted by Crippen LogP contribution is 2.43. The molecule has 1 unspecified atom stereocenters. The van der Waals surface area contributed by atoms with Crippen molar-refractivity contribution in [2.75, 3.05) is 5.32 Å². The Bertz CT molecular complexity index is 771. The topological polar surface area (TPSA) is 88.0 Å². The number of aryl methyl sites for hydroxylation is 1. The third-order valence-electron chi connectivity index (χ3n) is 2.77. The van der Waals surface area contributed by atoms with E-state index in [1.165, 1.54) is 12.3 Å². The van der Waals surface area contributed by atoms with Gasteiger partial charge < -0.3 is 10.4 Å². The molecule has 0 saturated carbocycles. The van der Waals surface area contributed by atoms with Crippen molar-refractivity contribution in [2.45, 2.75) is 31.3 Å². The van der Waals surface area contributed by atoms with Gasteiger partial charge in [-0.1, -0.05) is 11.3 Å². The van der Waals surface area contributed by atoms with Crippen molar-refractivity contribution in [3.63, 3.8) is 0 Å². The van der Waals surface area contributed by atoms with E-state index in [1.807, 2.05) is 0 Å². The SMILES string of the molecule is Cc1csc(C(O)(CC(=O)Nc2nnc(C(F)(F)F)s2)C(F)(F)F)n1. The molecule has 0 fully saturated rings. The Hall–Kier alpha value is -1.80. The van der Waals surface area contributed by atoms with Crippen molar-refractivity contribution in [2.24, 2.45) is 0 Å². The third kappa shape index (κ3) is 4.24. The molecule has 0 aromatic carbocycles. The van der Waals surface area contributed by atoms with Gasteiger partial charge in [-0.15, -0.1) is 21.5 Å². The number of carbonyl (C=O) groups excluding carboxylic acids is 1. The van der Waals surface area contributed by atoms with E-state index in [0.29, 0.717) is 11.3 Å². The zero-order valence-corrected chi connectivity index (χ0v) is 13.7. The first-order valence-corrected chi connectivity index (χ1v) is 7.95. The van der Waals surface area contributed by atoms with Crippen molar-refractivity contribution in [3.8, 4) is 0 Å². The molecule has 14 heteroatoms. The lowest BCUT2D eigenvalue weighted by atomic mass is 9.99. The normalized spacial score (nSPS) is 15.0. The molecule has 2 N–H and O–H groups in total. The first-order valence-electron chi connectivity index (χ1n) is 6.25. The maximum Gasteiger partial charge on any atom is 0.445 e. The van der Waals surface area contributed by atoms with Gasteiger partial charge in [-0.3, -0.25) is 4.79 Å². The van der Waals surface area contributed by atoms with Crippen LogP contribution in [0.5, 0.6) is 0 Å². The Morgan fingerprint density at radius 3 is 2.28 bits per heavy atom. The van der Waals surface area contributed by atoms with Gasteiger partial charge in [-0.2, -0.15) is 26.3 Å². The minimum Gasteiger partial charge on any atom is -0.374 e. The number of rotatable bonds is 4. The zero-order valence-electron chi connectivity index (χ0n) is 12.1. The summed E-state index contributed by atoms with van der Waals surface area (Å²) in [5.41, 5.74) is -3.37. The number of amides is 1. The summed E-state index contributed by atoms with van der Waals surface area (Å²) in [4.78, 5) is 15.3. The Morgan fingerprint density at radius 1 is 1.20 bits per heavy atom. The average molecular weight is 406 g/mol. The largest absolute Gasteiger partial charge is 0.445 e. The molecule has 0 aliphatic heterocycles. The second kappa shape index (κ2) is 6.49. The van der Waals surface area contributed by atoms with Gasteiger partial charge in [0.1, 0.15) is 5.01 Å². The molecule has 138 valence electrons. The van der Waals surface area contributed by atoms with E-state index in [2.05, 4.69) is 15.2 Å². The third-order valence-corrected chi connectivity index (χ3v) is 4.77. The fraction of sp³-hybridized carbons (Fsp3) is 0.455. The summed E-state index contributed by atoms with van der Waals surface area (Å²) in [5, 5.41) is 16.0. The Labute approximate surface area is 143 Å². The van der Waals surface area contributed by atoms with Gasteiger partial charge in [0.2, 0.25) is 21.6 Å². The number of carbonyl (C=O) groups is 1. The van der Waals surface area contributed by atoms with E-state index in [9.17, 15) is 36.2 Å². The van der Waals surface area contributed by atoms with Gasteiger partial charge in [-0.25, -0.2) is 4.98 Å². The van der Waals surface area contributed by atoms with Gasteiger partial charge in [0.25, 0.3) is 0 Å². The van der Waals surface area contributed by atoms with E-state index >= 15 is 0 Å². The van der Waals surface area contributed by atoms with Crippen LogP contribution in [0.2, 0.25) is 0 Å². The van der Waals surface area contributed by atoms with Crippen LogP contribution in [-0.4, -0.2) is 32.4 Å². The molecule has 2 aromatic rings. The molecule has 0 saturated heterocycles. The van der Waals surface area contributed by atoms with Crippen LogP contribution >= 0.6 is 22.7 Å². The number of nitrogens with zero attached hydrogens (tertiary/aromatic N) is 3. The molecule has 25 heavy (non-hydrogen) atoms. The van der Waals surface area contributed by atoms with Crippen LogP contribution in [0.4, 0.5) is 31.5 Å². The fourth-order valence-corrected chi connectivity index (χ4v) is 3.17. The number of aliphatic hydroxyl groups is 1. The van der Waals surface area contributed by atoms with Crippen LogP contribution in [0.1, 0.15) is 22.1 Å². The Kier molecular flexibility index (Phi) is 5.07. The lowest BCUT2D eigenvalue weighted by Gasteiger charge is -2.27. The quantitative estimate of drug-likeness (QED) is 0.762. The number of nitrogens with one attached hydrogen (secondary N) is 1. The van der Waals surface area contributed by atoms with Crippen molar-refractivity contribution >= 4 is 33.7 Å². The summed E-state index contributed by atoms with van der Waals surface area (Å²) in [7, 11) is 0. The van der Waals surface area contributed by atoms with Gasteiger partial charge >= 0.3 is 12.4 Å². The maximum atomic E-state index is 13.2. The van der Waals surface area contributed by atoms with Crippen LogP contribution < -0.4 is 5.32 Å². The molecule has 0 spiro atoms. The molecular weight excluding hydrogens is 398 g/mol. The molecule has 0 radical (unpaired) electrons. The lowest BCUT2D eigenvalue weighted by Crippen LogP contribution is -2.45. The molecule has 1 amide bonds. The van der Waals surface area contributed by atoms with E-state index < -0.39 is 45.4 Å². The zero-order chi connectivity index (χ0) is 19.0. The molecular formula is C11H8F6N4O2S2. The maximum absolute atomic E-state index is 13.2. The predicted molar refractivity (Wildman–Crippen MR) is 75.0 cm³/mol. The van der Waals surface area contributed by atoms with Crippen molar-refractivity contribution in [3.05, 3.63) is 21.1 Å². The molecule has 2 aromatic heterocycles. The number of hydrogen-bond acceptors (Lipinski definition) is 7. The number of thiazole rings is 1. The number of anilines is 1. The summed E-state index contributed by atoms with van der Waals surface area (Å²) in [5.74, 6) is -1.39. The first-order chi connectivity index (χ1) is 11.3. The molecule has 6 nitrogen and oxygen atoms in total. The van der Waals surface area contributed by atoms with Gasteiger partial charge in [-0.05, 0) is 6.92 Å². The highest BCUT2D eigenvalue weighted by Gasteiger charge is 2.58. The highest BCUT2D eigenvalue weighted by atomic mass is 32.1. The average Bonchev–Trinajstić information content (AvgIpc) is 3.05. The number of aromatic nitrogens is 3. The first kappa shape index (κ1) is 19.5. The van der Waals surface area contributed by atoms with Gasteiger partial charge in [0.15, 0.2) is 0 Å². The Morgan fingerprint density at radius 2 is 1.84 bits per heavy atom. The summed E-state index contributed by atoms with van der Waals surface area (Å²) in [6.45, 7) is 1.40. The van der Waals surface area contributed by atoms with Crippen LogP contribution in [0, 0.1) is 6.92 Å². The van der Waals surface area contributed by atoms with Crippen molar-refractivity contribution in [1.82, 2.24) is 15.2 Å². The molecule has 1 atom stereocenters. The van der Waals surface area contributed by atoms with E-state index in [-0.39, 0.29) is 17.0 Å². The second-order valence-corrected chi connectivity index (χ2v) is 6.62. The van der Waals surface area contributed by atoms with Gasteiger partial charge in [0.05, 0.1) is 6.42 Å². The number of alkyl halides is 6. The molecule has 0 bridgehead atoms. The minimum absolute atomic E-state index is 0.0535. The summed E-state index contributed by atoms with van der Waals surface area (Å²) < 4.78 is 76.8. The van der Waals surface area contributed by atoms with Crippen LogP contribution in [0.15, 0.2) is 5.38 Å². The van der Waals surface area contributed by atoms with Crippen LogP contribution in [0.25, 0.3) is 0 Å². The standard InChI is InChI=1S/C11H8F6N4O2S2/c1-4-3-24-6(18-4)9(23,11(15,16)17)2-5(22)19-8-21-20-7(25-8)10(12,13)14/h3,23H,2H2,1H3,(H,19,21,22). The van der Waals surface area contributed by atoms with Crippen LogP contribution in [0.3, 0.4) is 0 Å². The Balaban J connectivity index is 2.19. The molecule has 0 aliphatic carbocycles. The molecule has 2 rings (SSSR count). The highest BCUT2D eigenvalue weighted by molar-refractivity contribution is 7.15. The monoisotopic (exact) mass is 406 g/mol. The van der Waals surface area contributed by atoms with Crippen molar-refractivity contribution in [1.29, 1.82) is 0 Å². The second-order valence-electron chi connectivity index (χ2n) is 4.79. The molecule has 0 aliphatic rings. The number of hydrogen-bond donors (Lipinski definition) is 2. The van der Waals surface area contributed by atoms with Crippen LogP contribution in [-0.2, 0) is 16.6 Å².